The summed E-state index contributed by atoms with van der Waals surface area (Å²) < 4.78 is 0.876. The molecule has 1 aromatic heterocycles. The van der Waals surface area contributed by atoms with E-state index in [4.69, 9.17) is 23.2 Å². The summed E-state index contributed by atoms with van der Waals surface area (Å²) in [7, 11) is 0. The first-order valence-electron chi connectivity index (χ1n) is 5.94. The smallest absolute Gasteiger partial charge is 0.0934 e. The molecule has 0 spiro atoms. The molecule has 0 saturated heterocycles. The Morgan fingerprint density at radius 3 is 2.89 bits per heavy atom. The first-order valence-corrected chi connectivity index (χ1v) is 7.51. The second kappa shape index (κ2) is 4.76. The van der Waals surface area contributed by atoms with Crippen molar-refractivity contribution in [1.82, 2.24) is 0 Å². The molecule has 0 radical (unpaired) electrons. The van der Waals surface area contributed by atoms with Gasteiger partial charge in [-0.1, -0.05) is 29.3 Å². The van der Waals surface area contributed by atoms with Crippen LogP contribution in [0, 0.1) is 6.92 Å². The third kappa shape index (κ3) is 2.25. The highest BCUT2D eigenvalue weighted by atomic mass is 35.5. The second-order valence-corrected chi connectivity index (χ2v) is 6.82. The SMILES string of the molecule is Cc1ccc(NC2CCc3sc(Cl)cc32)c(Cl)c1. The highest BCUT2D eigenvalue weighted by molar-refractivity contribution is 7.16. The van der Waals surface area contributed by atoms with Crippen molar-refractivity contribution >= 4 is 40.2 Å². The average molecular weight is 298 g/mol. The minimum atomic E-state index is 0.337. The molecule has 0 bridgehead atoms. The van der Waals surface area contributed by atoms with Crippen molar-refractivity contribution < 1.29 is 0 Å². The molecule has 1 nitrogen and oxygen atoms in total. The van der Waals surface area contributed by atoms with Gasteiger partial charge in [0.25, 0.3) is 0 Å². The first kappa shape index (κ1) is 12.3. The van der Waals surface area contributed by atoms with Gasteiger partial charge in [0, 0.05) is 4.88 Å². The number of benzene rings is 1. The maximum atomic E-state index is 6.25. The van der Waals surface area contributed by atoms with Crippen molar-refractivity contribution in [2.24, 2.45) is 0 Å². The number of thiophene rings is 1. The Morgan fingerprint density at radius 1 is 1.28 bits per heavy atom. The zero-order valence-electron chi connectivity index (χ0n) is 9.97. The van der Waals surface area contributed by atoms with Gasteiger partial charge in [0.05, 0.1) is 21.1 Å². The van der Waals surface area contributed by atoms with Crippen LogP contribution in [0.25, 0.3) is 0 Å². The van der Waals surface area contributed by atoms with E-state index in [2.05, 4.69) is 17.4 Å². The predicted octanol–water partition coefficient (Wildman–Crippen LogP) is 5.46. The van der Waals surface area contributed by atoms with E-state index >= 15 is 0 Å². The van der Waals surface area contributed by atoms with Gasteiger partial charge >= 0.3 is 0 Å². The zero-order chi connectivity index (χ0) is 12.7. The van der Waals surface area contributed by atoms with Gasteiger partial charge in [-0.2, -0.15) is 0 Å². The molecular formula is C14H13Cl2NS. The molecule has 1 N–H and O–H groups in total. The summed E-state index contributed by atoms with van der Waals surface area (Å²) in [6.45, 7) is 2.04. The highest BCUT2D eigenvalue weighted by Gasteiger charge is 2.25. The molecule has 94 valence electrons. The van der Waals surface area contributed by atoms with Crippen molar-refractivity contribution in [2.45, 2.75) is 25.8 Å². The van der Waals surface area contributed by atoms with Gasteiger partial charge in [-0.15, -0.1) is 11.3 Å². The molecular weight excluding hydrogens is 285 g/mol. The maximum absolute atomic E-state index is 6.25. The zero-order valence-corrected chi connectivity index (χ0v) is 12.3. The monoisotopic (exact) mass is 297 g/mol. The molecule has 1 atom stereocenters. The Morgan fingerprint density at radius 2 is 2.11 bits per heavy atom. The third-order valence-electron chi connectivity index (χ3n) is 3.30. The van der Waals surface area contributed by atoms with Gasteiger partial charge in [0.1, 0.15) is 0 Å². The quantitative estimate of drug-likeness (QED) is 0.776. The number of anilines is 1. The van der Waals surface area contributed by atoms with Gasteiger partial charge in [0.2, 0.25) is 0 Å². The van der Waals surface area contributed by atoms with Crippen LogP contribution in [0.5, 0.6) is 0 Å². The van der Waals surface area contributed by atoms with Gasteiger partial charge in [0.15, 0.2) is 0 Å². The normalized spacial score (nSPS) is 17.8. The molecule has 0 fully saturated rings. The summed E-state index contributed by atoms with van der Waals surface area (Å²) in [5, 5.41) is 4.30. The summed E-state index contributed by atoms with van der Waals surface area (Å²) in [5.74, 6) is 0. The van der Waals surface area contributed by atoms with E-state index in [1.807, 2.05) is 19.1 Å². The first-order chi connectivity index (χ1) is 8.63. The second-order valence-electron chi connectivity index (χ2n) is 4.65. The van der Waals surface area contributed by atoms with E-state index in [-0.39, 0.29) is 0 Å². The summed E-state index contributed by atoms with van der Waals surface area (Å²) in [5.41, 5.74) is 3.51. The average Bonchev–Trinajstić information content (AvgIpc) is 2.83. The van der Waals surface area contributed by atoms with E-state index in [9.17, 15) is 0 Å². The molecule has 0 amide bonds. The van der Waals surface area contributed by atoms with Crippen molar-refractivity contribution in [1.29, 1.82) is 0 Å². The number of nitrogens with one attached hydrogen (secondary N) is 1. The number of hydrogen-bond donors (Lipinski definition) is 1. The molecule has 3 rings (SSSR count). The number of hydrogen-bond acceptors (Lipinski definition) is 2. The van der Waals surface area contributed by atoms with Crippen LogP contribution < -0.4 is 5.32 Å². The molecule has 1 unspecified atom stereocenters. The fourth-order valence-electron chi connectivity index (χ4n) is 2.40. The number of aryl methyl sites for hydroxylation is 2. The molecule has 1 aromatic carbocycles. The fourth-order valence-corrected chi connectivity index (χ4v) is 4.05. The number of halogens is 2. The van der Waals surface area contributed by atoms with Crippen LogP contribution in [0.4, 0.5) is 5.69 Å². The number of rotatable bonds is 2. The lowest BCUT2D eigenvalue weighted by Crippen LogP contribution is -2.06. The Kier molecular flexibility index (Phi) is 3.27. The Bertz CT molecular complexity index is 591. The van der Waals surface area contributed by atoms with Crippen LogP contribution in [0.3, 0.4) is 0 Å². The largest absolute Gasteiger partial charge is 0.377 e. The molecule has 4 heteroatoms. The van der Waals surface area contributed by atoms with E-state index in [0.29, 0.717) is 6.04 Å². The topological polar surface area (TPSA) is 12.0 Å². The Labute approximate surface area is 121 Å². The minimum Gasteiger partial charge on any atom is -0.377 e. The Hall–Kier alpha value is -0.700. The summed E-state index contributed by atoms with van der Waals surface area (Å²) in [6.07, 6.45) is 2.22. The van der Waals surface area contributed by atoms with Gasteiger partial charge < -0.3 is 5.32 Å². The molecule has 1 aliphatic rings. The third-order valence-corrected chi connectivity index (χ3v) is 4.95. The highest BCUT2D eigenvalue weighted by Crippen LogP contribution is 2.41. The molecule has 0 saturated carbocycles. The minimum absolute atomic E-state index is 0.337. The van der Waals surface area contributed by atoms with E-state index < -0.39 is 0 Å². The van der Waals surface area contributed by atoms with E-state index in [1.165, 1.54) is 16.0 Å². The molecule has 1 heterocycles. The molecule has 2 aromatic rings. The number of fused-ring (bicyclic) bond motifs is 1. The summed E-state index contributed by atoms with van der Waals surface area (Å²) >= 11 is 14.0. The van der Waals surface area contributed by atoms with Crippen LogP contribution in [0.1, 0.15) is 28.5 Å². The maximum Gasteiger partial charge on any atom is 0.0934 e. The molecule has 0 aliphatic heterocycles. The van der Waals surface area contributed by atoms with Crippen molar-refractivity contribution in [2.75, 3.05) is 5.32 Å². The summed E-state index contributed by atoms with van der Waals surface area (Å²) in [4.78, 5) is 1.40. The van der Waals surface area contributed by atoms with Crippen LogP contribution in [0.15, 0.2) is 24.3 Å². The molecule has 1 aliphatic carbocycles. The van der Waals surface area contributed by atoms with Crippen molar-refractivity contribution in [3.05, 3.63) is 49.6 Å². The van der Waals surface area contributed by atoms with Gasteiger partial charge in [-0.25, -0.2) is 0 Å². The molecule has 18 heavy (non-hydrogen) atoms. The Balaban J connectivity index is 1.85. The van der Waals surface area contributed by atoms with Crippen LogP contribution in [-0.2, 0) is 6.42 Å². The van der Waals surface area contributed by atoms with Gasteiger partial charge in [-0.3, -0.25) is 0 Å². The summed E-state index contributed by atoms with van der Waals surface area (Å²) in [6, 6.07) is 8.52. The fraction of sp³-hybridized carbons (Fsp3) is 0.286. The standard InChI is InChI=1S/C14H13Cl2NS/c1-8-2-3-12(10(15)6-8)17-11-4-5-13-9(11)7-14(16)18-13/h2-3,6-7,11,17H,4-5H2,1H3. The van der Waals surface area contributed by atoms with E-state index in [0.717, 1.165) is 27.9 Å². The lowest BCUT2D eigenvalue weighted by molar-refractivity contribution is 0.762. The van der Waals surface area contributed by atoms with Crippen LogP contribution >= 0.6 is 34.5 Å². The predicted molar refractivity (Wildman–Crippen MR) is 80.2 cm³/mol. The van der Waals surface area contributed by atoms with Crippen LogP contribution in [-0.4, -0.2) is 0 Å². The lowest BCUT2D eigenvalue weighted by Gasteiger charge is -2.16. The lowest BCUT2D eigenvalue weighted by atomic mass is 10.1. The van der Waals surface area contributed by atoms with E-state index in [1.54, 1.807) is 11.3 Å². The van der Waals surface area contributed by atoms with Crippen molar-refractivity contribution in [3.8, 4) is 0 Å². The van der Waals surface area contributed by atoms with Crippen molar-refractivity contribution in [3.63, 3.8) is 0 Å². The van der Waals surface area contributed by atoms with Gasteiger partial charge in [-0.05, 0) is 49.1 Å². The van der Waals surface area contributed by atoms with Crippen LogP contribution in [0.2, 0.25) is 9.36 Å².